The van der Waals surface area contributed by atoms with Crippen LogP contribution in [0.15, 0.2) is 36.5 Å². The second-order valence-corrected chi connectivity index (χ2v) is 4.73. The Morgan fingerprint density at radius 3 is 2.55 bits per heavy atom. The lowest BCUT2D eigenvalue weighted by Gasteiger charge is -2.21. The van der Waals surface area contributed by atoms with Crippen molar-refractivity contribution in [2.24, 2.45) is 5.92 Å². The zero-order chi connectivity index (χ0) is 14.2. The molecule has 3 N–H and O–H groups in total. The van der Waals surface area contributed by atoms with Gasteiger partial charge in [-0.3, -0.25) is 10.1 Å². The van der Waals surface area contributed by atoms with Gasteiger partial charge in [0.2, 0.25) is 5.91 Å². The number of imide groups is 1. The average molecular weight is 273 g/mol. The Hall–Kier alpha value is -2.14. The summed E-state index contributed by atoms with van der Waals surface area (Å²) in [6.07, 6.45) is 4.85. The molecule has 0 spiro atoms. The molecule has 5 nitrogen and oxygen atoms in total. The summed E-state index contributed by atoms with van der Waals surface area (Å²) in [7, 11) is 0. The van der Waals surface area contributed by atoms with Crippen molar-refractivity contribution < 1.29 is 9.59 Å². The van der Waals surface area contributed by atoms with Gasteiger partial charge in [-0.1, -0.05) is 30.3 Å². The van der Waals surface area contributed by atoms with Gasteiger partial charge in [0.05, 0.1) is 0 Å². The van der Waals surface area contributed by atoms with E-state index in [4.69, 9.17) is 0 Å². The molecule has 1 saturated heterocycles. The van der Waals surface area contributed by atoms with Crippen molar-refractivity contribution >= 4 is 18.0 Å². The monoisotopic (exact) mass is 273 g/mol. The number of rotatable bonds is 3. The number of nitrogens with one attached hydrogen (secondary N) is 3. The maximum atomic E-state index is 11.8. The Bertz CT molecular complexity index is 479. The number of benzene rings is 1. The highest BCUT2D eigenvalue weighted by molar-refractivity contribution is 5.96. The summed E-state index contributed by atoms with van der Waals surface area (Å²) in [4.78, 5) is 23.4. The van der Waals surface area contributed by atoms with Gasteiger partial charge in [0, 0.05) is 12.1 Å². The smallest absolute Gasteiger partial charge is 0.317 e. The van der Waals surface area contributed by atoms with Crippen molar-refractivity contribution in [3.8, 4) is 0 Å². The normalized spacial score (nSPS) is 16.0. The van der Waals surface area contributed by atoms with Crippen LogP contribution < -0.4 is 16.0 Å². The van der Waals surface area contributed by atoms with Gasteiger partial charge in [-0.25, -0.2) is 4.79 Å². The molecule has 1 aromatic rings. The topological polar surface area (TPSA) is 70.2 Å². The number of hydrogen-bond acceptors (Lipinski definition) is 3. The fraction of sp³-hybridized carbons (Fsp3) is 0.333. The minimum atomic E-state index is -0.485. The molecule has 0 aromatic heterocycles. The number of piperidine rings is 1. The Morgan fingerprint density at radius 2 is 1.85 bits per heavy atom. The van der Waals surface area contributed by atoms with Crippen molar-refractivity contribution in [1.29, 1.82) is 0 Å². The van der Waals surface area contributed by atoms with Crippen LogP contribution in [-0.4, -0.2) is 25.0 Å². The number of urea groups is 1. The van der Waals surface area contributed by atoms with Crippen LogP contribution in [0.25, 0.3) is 6.08 Å². The molecule has 1 fully saturated rings. The molecular formula is C15H19N3O2. The van der Waals surface area contributed by atoms with Crippen LogP contribution in [0.3, 0.4) is 0 Å². The Morgan fingerprint density at radius 1 is 1.15 bits per heavy atom. The Labute approximate surface area is 118 Å². The largest absolute Gasteiger partial charge is 0.325 e. The minimum absolute atomic E-state index is 0.0693. The lowest BCUT2D eigenvalue weighted by atomic mass is 9.97. The molecule has 2 rings (SSSR count). The van der Waals surface area contributed by atoms with Gasteiger partial charge in [-0.2, -0.15) is 0 Å². The van der Waals surface area contributed by atoms with Crippen molar-refractivity contribution in [1.82, 2.24) is 16.0 Å². The molecular weight excluding hydrogens is 254 g/mol. The summed E-state index contributed by atoms with van der Waals surface area (Å²) in [5.41, 5.74) is 0.984. The molecule has 0 bridgehead atoms. The summed E-state index contributed by atoms with van der Waals surface area (Å²) >= 11 is 0. The van der Waals surface area contributed by atoms with E-state index in [1.165, 1.54) is 6.20 Å². The number of carbonyl (C=O) groups excluding carboxylic acids is 2. The SMILES string of the molecule is O=C(N/C=C/c1ccccc1)NC(=O)C1CCNCC1. The third kappa shape index (κ3) is 4.51. The molecule has 0 unspecified atom stereocenters. The predicted octanol–water partition coefficient (Wildman–Crippen LogP) is 1.48. The molecule has 0 aliphatic carbocycles. The first-order valence-electron chi connectivity index (χ1n) is 6.79. The summed E-state index contributed by atoms with van der Waals surface area (Å²) in [6, 6.07) is 9.13. The first-order valence-corrected chi connectivity index (χ1v) is 6.79. The second kappa shape index (κ2) is 7.45. The molecule has 5 heteroatoms. The maximum absolute atomic E-state index is 11.8. The summed E-state index contributed by atoms with van der Waals surface area (Å²) in [6.45, 7) is 1.65. The first kappa shape index (κ1) is 14.3. The van der Waals surface area contributed by atoms with E-state index in [9.17, 15) is 9.59 Å². The van der Waals surface area contributed by atoms with E-state index in [-0.39, 0.29) is 11.8 Å². The van der Waals surface area contributed by atoms with Gasteiger partial charge in [0.15, 0.2) is 0 Å². The molecule has 20 heavy (non-hydrogen) atoms. The van der Waals surface area contributed by atoms with Crippen LogP contribution >= 0.6 is 0 Å². The van der Waals surface area contributed by atoms with Gasteiger partial charge in [-0.05, 0) is 37.6 Å². The molecule has 106 valence electrons. The molecule has 0 atom stereocenters. The van der Waals surface area contributed by atoms with E-state index in [1.54, 1.807) is 6.08 Å². The highest BCUT2D eigenvalue weighted by Gasteiger charge is 2.21. The van der Waals surface area contributed by atoms with Gasteiger partial charge in [0.1, 0.15) is 0 Å². The summed E-state index contributed by atoms with van der Waals surface area (Å²) in [5, 5.41) is 8.09. The first-order chi connectivity index (χ1) is 9.75. The van der Waals surface area contributed by atoms with Crippen LogP contribution in [0.4, 0.5) is 4.79 Å². The minimum Gasteiger partial charge on any atom is -0.317 e. The van der Waals surface area contributed by atoms with Gasteiger partial charge in [0.25, 0.3) is 0 Å². The van der Waals surface area contributed by atoms with Crippen molar-refractivity contribution in [2.75, 3.05) is 13.1 Å². The summed E-state index contributed by atoms with van der Waals surface area (Å²) < 4.78 is 0. The highest BCUT2D eigenvalue weighted by atomic mass is 16.2. The van der Waals surface area contributed by atoms with E-state index in [0.29, 0.717) is 0 Å². The van der Waals surface area contributed by atoms with E-state index >= 15 is 0 Å². The van der Waals surface area contributed by atoms with Crippen LogP contribution in [0.2, 0.25) is 0 Å². The van der Waals surface area contributed by atoms with Gasteiger partial charge >= 0.3 is 6.03 Å². The van der Waals surface area contributed by atoms with Crippen molar-refractivity contribution in [3.63, 3.8) is 0 Å². The third-order valence-corrected chi connectivity index (χ3v) is 3.24. The molecule has 1 aromatic carbocycles. The maximum Gasteiger partial charge on any atom is 0.325 e. The Balaban J connectivity index is 1.75. The molecule has 0 radical (unpaired) electrons. The Kier molecular flexibility index (Phi) is 5.32. The van der Waals surface area contributed by atoms with Crippen LogP contribution in [0.1, 0.15) is 18.4 Å². The average Bonchev–Trinajstić information content (AvgIpc) is 2.49. The van der Waals surface area contributed by atoms with Gasteiger partial charge in [-0.15, -0.1) is 0 Å². The molecule has 0 saturated carbocycles. The lowest BCUT2D eigenvalue weighted by Crippen LogP contribution is -2.43. The zero-order valence-corrected chi connectivity index (χ0v) is 11.3. The molecule has 1 aliphatic rings. The predicted molar refractivity (Wildman–Crippen MR) is 77.7 cm³/mol. The third-order valence-electron chi connectivity index (χ3n) is 3.24. The fourth-order valence-electron chi connectivity index (χ4n) is 2.11. The quantitative estimate of drug-likeness (QED) is 0.781. The molecule has 1 aliphatic heterocycles. The van der Waals surface area contributed by atoms with E-state index in [1.807, 2.05) is 30.3 Å². The molecule has 3 amide bonds. The van der Waals surface area contributed by atoms with Crippen LogP contribution in [0, 0.1) is 5.92 Å². The van der Waals surface area contributed by atoms with Crippen molar-refractivity contribution in [2.45, 2.75) is 12.8 Å². The number of hydrogen-bond donors (Lipinski definition) is 3. The summed E-state index contributed by atoms with van der Waals surface area (Å²) in [5.74, 6) is -0.266. The highest BCUT2D eigenvalue weighted by Crippen LogP contribution is 2.11. The van der Waals surface area contributed by atoms with Crippen LogP contribution in [-0.2, 0) is 4.79 Å². The standard InChI is InChI=1S/C15H19N3O2/c19-14(13-7-9-16-10-8-13)18-15(20)17-11-6-12-4-2-1-3-5-12/h1-6,11,13,16H,7-10H2,(H2,17,18,19,20)/b11-6+. The van der Waals surface area contributed by atoms with Gasteiger partial charge < -0.3 is 10.6 Å². The second-order valence-electron chi connectivity index (χ2n) is 4.73. The molecule has 1 heterocycles. The van der Waals surface area contributed by atoms with Crippen LogP contribution in [0.5, 0.6) is 0 Å². The zero-order valence-electron chi connectivity index (χ0n) is 11.3. The fourth-order valence-corrected chi connectivity index (χ4v) is 2.11. The van der Waals surface area contributed by atoms with E-state index < -0.39 is 6.03 Å². The number of carbonyl (C=O) groups is 2. The van der Waals surface area contributed by atoms with E-state index in [0.717, 1.165) is 31.5 Å². The lowest BCUT2D eigenvalue weighted by molar-refractivity contribution is -0.124. The van der Waals surface area contributed by atoms with E-state index in [2.05, 4.69) is 16.0 Å². The number of amides is 3. The van der Waals surface area contributed by atoms with Crippen molar-refractivity contribution in [3.05, 3.63) is 42.1 Å².